The van der Waals surface area contributed by atoms with Gasteiger partial charge in [0, 0.05) is 29.4 Å². The average molecular weight is 190 g/mol. The minimum Gasteiger partial charge on any atom is -0.264 e. The molecule has 0 radical (unpaired) electrons. The van der Waals surface area contributed by atoms with Crippen molar-refractivity contribution < 1.29 is 0 Å². The van der Waals surface area contributed by atoms with Crippen LogP contribution < -0.4 is 0 Å². The largest absolute Gasteiger partial charge is 0.264 e. The highest BCUT2D eigenvalue weighted by Gasteiger charge is 2.04. The Bertz CT molecular complexity index is 502. The molecule has 62 valence electrons. The second-order valence-corrected chi connectivity index (χ2v) is 2.85. The summed E-state index contributed by atoms with van der Waals surface area (Å²) < 4.78 is 0. The number of pyridine rings is 2. The van der Waals surface area contributed by atoms with Gasteiger partial charge in [-0.05, 0) is 6.07 Å². The Morgan fingerprint density at radius 2 is 2.15 bits per heavy atom. The summed E-state index contributed by atoms with van der Waals surface area (Å²) in [5, 5.41) is 10.7. The summed E-state index contributed by atoms with van der Waals surface area (Å²) >= 11 is 5.83. The standard InChI is InChI=1S/C9H4ClN3/c10-9-8-5-12-2-1-7(8)6(3-11)4-13-9/h1-2,4-5H. The van der Waals surface area contributed by atoms with Gasteiger partial charge in [0.2, 0.25) is 0 Å². The molecular formula is C9H4ClN3. The molecule has 0 bridgehead atoms. The first-order chi connectivity index (χ1) is 6.33. The van der Waals surface area contributed by atoms with E-state index in [9.17, 15) is 0 Å². The zero-order valence-corrected chi connectivity index (χ0v) is 7.28. The van der Waals surface area contributed by atoms with E-state index in [1.165, 1.54) is 6.20 Å². The van der Waals surface area contributed by atoms with Gasteiger partial charge >= 0.3 is 0 Å². The Morgan fingerprint density at radius 1 is 1.31 bits per heavy atom. The van der Waals surface area contributed by atoms with Crippen molar-refractivity contribution in [3.8, 4) is 6.07 Å². The van der Waals surface area contributed by atoms with E-state index in [1.54, 1.807) is 18.5 Å². The molecule has 0 unspecified atom stereocenters. The van der Waals surface area contributed by atoms with Crippen LogP contribution in [0.25, 0.3) is 10.8 Å². The number of fused-ring (bicyclic) bond motifs is 1. The summed E-state index contributed by atoms with van der Waals surface area (Å²) in [5.74, 6) is 0. The number of nitriles is 1. The van der Waals surface area contributed by atoms with Crippen LogP contribution in [0.15, 0.2) is 24.7 Å². The molecule has 2 aromatic rings. The molecule has 2 rings (SSSR count). The maximum Gasteiger partial charge on any atom is 0.138 e. The third kappa shape index (κ3) is 1.21. The predicted molar refractivity (Wildman–Crippen MR) is 49.3 cm³/mol. The van der Waals surface area contributed by atoms with Gasteiger partial charge in [0.25, 0.3) is 0 Å². The molecule has 0 aliphatic carbocycles. The lowest BCUT2D eigenvalue weighted by Gasteiger charge is -1.99. The number of hydrogen-bond acceptors (Lipinski definition) is 3. The fourth-order valence-electron chi connectivity index (χ4n) is 1.14. The van der Waals surface area contributed by atoms with E-state index < -0.39 is 0 Å². The third-order valence-electron chi connectivity index (χ3n) is 1.76. The van der Waals surface area contributed by atoms with Crippen LogP contribution in [-0.4, -0.2) is 9.97 Å². The molecule has 13 heavy (non-hydrogen) atoms. The Balaban J connectivity index is 2.95. The van der Waals surface area contributed by atoms with Gasteiger partial charge in [-0.2, -0.15) is 5.26 Å². The summed E-state index contributed by atoms with van der Waals surface area (Å²) in [5.41, 5.74) is 0.516. The van der Waals surface area contributed by atoms with E-state index in [0.29, 0.717) is 16.1 Å². The third-order valence-corrected chi connectivity index (χ3v) is 2.06. The lowest BCUT2D eigenvalue weighted by atomic mass is 10.1. The van der Waals surface area contributed by atoms with Crippen molar-refractivity contribution in [3.05, 3.63) is 35.4 Å². The molecule has 2 aromatic heterocycles. The first-order valence-electron chi connectivity index (χ1n) is 3.61. The van der Waals surface area contributed by atoms with Gasteiger partial charge in [-0.1, -0.05) is 11.6 Å². The maximum absolute atomic E-state index is 8.77. The summed E-state index contributed by atoms with van der Waals surface area (Å²) in [6.45, 7) is 0. The van der Waals surface area contributed by atoms with Crippen LogP contribution in [0.1, 0.15) is 5.56 Å². The second-order valence-electron chi connectivity index (χ2n) is 2.50. The highest BCUT2D eigenvalue weighted by molar-refractivity contribution is 6.34. The number of aromatic nitrogens is 2. The van der Waals surface area contributed by atoms with Gasteiger partial charge in [-0.15, -0.1) is 0 Å². The Morgan fingerprint density at radius 3 is 2.92 bits per heavy atom. The van der Waals surface area contributed by atoms with Gasteiger partial charge in [0.1, 0.15) is 11.2 Å². The first-order valence-corrected chi connectivity index (χ1v) is 3.99. The molecule has 0 spiro atoms. The molecule has 0 amide bonds. The van der Waals surface area contributed by atoms with Crippen molar-refractivity contribution in [1.29, 1.82) is 5.26 Å². The molecule has 0 atom stereocenters. The van der Waals surface area contributed by atoms with E-state index >= 15 is 0 Å². The van der Waals surface area contributed by atoms with E-state index in [1.807, 2.05) is 6.07 Å². The van der Waals surface area contributed by atoms with Crippen LogP contribution in [0.4, 0.5) is 0 Å². The summed E-state index contributed by atoms with van der Waals surface area (Å²) in [4.78, 5) is 7.80. The van der Waals surface area contributed by atoms with Crippen molar-refractivity contribution in [3.63, 3.8) is 0 Å². The van der Waals surface area contributed by atoms with Gasteiger partial charge in [0.05, 0.1) is 5.56 Å². The molecule has 0 saturated heterocycles. The maximum atomic E-state index is 8.77. The average Bonchev–Trinajstić information content (AvgIpc) is 2.19. The molecule has 3 nitrogen and oxygen atoms in total. The zero-order chi connectivity index (χ0) is 9.26. The highest BCUT2D eigenvalue weighted by Crippen LogP contribution is 2.22. The molecule has 0 aliphatic heterocycles. The van der Waals surface area contributed by atoms with Crippen LogP contribution >= 0.6 is 11.6 Å². The van der Waals surface area contributed by atoms with Gasteiger partial charge in [-0.3, -0.25) is 4.98 Å². The number of rotatable bonds is 0. The molecule has 4 heteroatoms. The second kappa shape index (κ2) is 3.00. The van der Waals surface area contributed by atoms with Gasteiger partial charge in [0.15, 0.2) is 0 Å². The van der Waals surface area contributed by atoms with Crippen molar-refractivity contribution >= 4 is 22.4 Å². The van der Waals surface area contributed by atoms with Crippen LogP contribution in [0.2, 0.25) is 5.15 Å². The lowest BCUT2D eigenvalue weighted by Crippen LogP contribution is -1.85. The minimum absolute atomic E-state index is 0.377. The molecule has 0 aromatic carbocycles. The van der Waals surface area contributed by atoms with Crippen molar-refractivity contribution in [2.45, 2.75) is 0 Å². The molecule has 0 aliphatic rings. The molecule has 0 N–H and O–H groups in total. The van der Waals surface area contributed by atoms with Gasteiger partial charge in [-0.25, -0.2) is 4.98 Å². The minimum atomic E-state index is 0.377. The number of nitrogens with zero attached hydrogens (tertiary/aromatic N) is 3. The SMILES string of the molecule is N#Cc1cnc(Cl)c2cnccc12. The van der Waals surface area contributed by atoms with Crippen LogP contribution in [0.5, 0.6) is 0 Å². The van der Waals surface area contributed by atoms with Gasteiger partial charge < -0.3 is 0 Å². The normalized spacial score (nSPS) is 9.85. The van der Waals surface area contributed by atoms with Crippen molar-refractivity contribution in [2.24, 2.45) is 0 Å². The lowest BCUT2D eigenvalue weighted by molar-refractivity contribution is 1.30. The molecule has 0 fully saturated rings. The monoisotopic (exact) mass is 189 g/mol. The summed E-state index contributed by atoms with van der Waals surface area (Å²) in [6.07, 6.45) is 4.69. The fourth-order valence-corrected chi connectivity index (χ4v) is 1.34. The van der Waals surface area contributed by atoms with Crippen molar-refractivity contribution in [2.75, 3.05) is 0 Å². The Labute approximate surface area is 79.6 Å². The molecular weight excluding hydrogens is 186 g/mol. The Kier molecular flexibility index (Phi) is 1.84. The van der Waals surface area contributed by atoms with Crippen molar-refractivity contribution in [1.82, 2.24) is 9.97 Å². The van der Waals surface area contributed by atoms with E-state index in [0.717, 1.165) is 5.39 Å². The highest BCUT2D eigenvalue weighted by atomic mass is 35.5. The number of halogens is 1. The first kappa shape index (κ1) is 7.96. The zero-order valence-electron chi connectivity index (χ0n) is 6.53. The van der Waals surface area contributed by atoms with Crippen LogP contribution in [0, 0.1) is 11.3 Å². The molecule has 0 saturated carbocycles. The van der Waals surface area contributed by atoms with Crippen LogP contribution in [-0.2, 0) is 0 Å². The summed E-state index contributed by atoms with van der Waals surface area (Å²) in [6, 6.07) is 3.80. The van der Waals surface area contributed by atoms with Crippen LogP contribution in [0.3, 0.4) is 0 Å². The predicted octanol–water partition coefficient (Wildman–Crippen LogP) is 2.15. The number of hydrogen-bond donors (Lipinski definition) is 0. The van der Waals surface area contributed by atoms with E-state index in [-0.39, 0.29) is 0 Å². The molecule has 2 heterocycles. The smallest absolute Gasteiger partial charge is 0.138 e. The Hall–Kier alpha value is -1.66. The fraction of sp³-hybridized carbons (Fsp3) is 0. The quantitative estimate of drug-likeness (QED) is 0.597. The van der Waals surface area contributed by atoms with E-state index in [2.05, 4.69) is 9.97 Å². The van der Waals surface area contributed by atoms with E-state index in [4.69, 9.17) is 16.9 Å². The topological polar surface area (TPSA) is 49.6 Å². The summed E-state index contributed by atoms with van der Waals surface area (Å²) in [7, 11) is 0.